The van der Waals surface area contributed by atoms with E-state index in [1.807, 2.05) is 11.9 Å². The Morgan fingerprint density at radius 3 is 2.64 bits per heavy atom. The average Bonchev–Trinajstić information content (AvgIpc) is 2.54. The SMILES string of the molecule is CNCCC1CCN(C(=O)Cn2ccc(=O)n(C)c2=O)CC1. The number of hydrogen-bond donors (Lipinski definition) is 1. The van der Waals surface area contributed by atoms with Crippen LogP contribution >= 0.6 is 0 Å². The third-order valence-corrected chi connectivity index (χ3v) is 4.34. The second kappa shape index (κ2) is 7.40. The van der Waals surface area contributed by atoms with Crippen molar-refractivity contribution in [2.24, 2.45) is 13.0 Å². The van der Waals surface area contributed by atoms with Crippen molar-refractivity contribution in [2.75, 3.05) is 26.7 Å². The summed E-state index contributed by atoms with van der Waals surface area (Å²) < 4.78 is 2.30. The van der Waals surface area contributed by atoms with Crippen molar-refractivity contribution in [3.63, 3.8) is 0 Å². The molecule has 7 heteroatoms. The number of piperidine rings is 1. The predicted molar refractivity (Wildman–Crippen MR) is 83.8 cm³/mol. The van der Waals surface area contributed by atoms with E-state index in [0.29, 0.717) is 5.92 Å². The molecule has 1 aliphatic heterocycles. The minimum Gasteiger partial charge on any atom is -0.341 e. The molecule has 0 bridgehead atoms. The van der Waals surface area contributed by atoms with Gasteiger partial charge in [-0.3, -0.25) is 18.7 Å². The summed E-state index contributed by atoms with van der Waals surface area (Å²) >= 11 is 0. The molecule has 1 fully saturated rings. The highest BCUT2D eigenvalue weighted by atomic mass is 16.2. The van der Waals surface area contributed by atoms with Crippen LogP contribution in [0.15, 0.2) is 21.9 Å². The molecule has 2 heterocycles. The Hall–Kier alpha value is -1.89. The maximum atomic E-state index is 12.3. The molecular weight excluding hydrogens is 284 g/mol. The molecule has 1 aliphatic rings. The van der Waals surface area contributed by atoms with Gasteiger partial charge in [0, 0.05) is 32.4 Å². The van der Waals surface area contributed by atoms with Gasteiger partial charge in [-0.2, -0.15) is 0 Å². The molecule has 1 N–H and O–H groups in total. The molecule has 1 aromatic heterocycles. The van der Waals surface area contributed by atoms with Gasteiger partial charge in [0.15, 0.2) is 0 Å². The lowest BCUT2D eigenvalue weighted by molar-refractivity contribution is -0.133. The number of likely N-dealkylation sites (tertiary alicyclic amines) is 1. The van der Waals surface area contributed by atoms with Crippen molar-refractivity contribution >= 4 is 5.91 Å². The van der Waals surface area contributed by atoms with Gasteiger partial charge in [-0.15, -0.1) is 0 Å². The van der Waals surface area contributed by atoms with E-state index in [9.17, 15) is 14.4 Å². The summed E-state index contributed by atoms with van der Waals surface area (Å²) in [5.41, 5.74) is -0.816. The maximum Gasteiger partial charge on any atom is 0.331 e. The highest BCUT2D eigenvalue weighted by Crippen LogP contribution is 2.20. The Kier molecular flexibility index (Phi) is 5.54. The Bertz CT molecular complexity index is 626. The van der Waals surface area contributed by atoms with Crippen molar-refractivity contribution in [1.82, 2.24) is 19.4 Å². The molecular formula is C15H24N4O3. The first-order chi connectivity index (χ1) is 10.5. The second-order valence-corrected chi connectivity index (χ2v) is 5.84. The zero-order chi connectivity index (χ0) is 16.1. The molecule has 2 rings (SSSR count). The van der Waals surface area contributed by atoms with Gasteiger partial charge in [0.2, 0.25) is 5.91 Å². The van der Waals surface area contributed by atoms with Crippen molar-refractivity contribution in [2.45, 2.75) is 25.8 Å². The van der Waals surface area contributed by atoms with E-state index in [0.717, 1.165) is 43.5 Å². The summed E-state index contributed by atoms with van der Waals surface area (Å²) in [6.07, 6.45) is 4.55. The van der Waals surface area contributed by atoms with Crippen molar-refractivity contribution < 1.29 is 4.79 Å². The fourth-order valence-corrected chi connectivity index (χ4v) is 2.80. The van der Waals surface area contributed by atoms with Crippen LogP contribution in [0.4, 0.5) is 0 Å². The van der Waals surface area contributed by atoms with Crippen LogP contribution in [-0.2, 0) is 18.4 Å². The predicted octanol–water partition coefficient (Wildman–Crippen LogP) is -0.605. The zero-order valence-electron chi connectivity index (χ0n) is 13.2. The smallest absolute Gasteiger partial charge is 0.331 e. The molecule has 22 heavy (non-hydrogen) atoms. The van der Waals surface area contributed by atoms with Crippen LogP contribution in [0.5, 0.6) is 0 Å². The van der Waals surface area contributed by atoms with Crippen LogP contribution in [0.3, 0.4) is 0 Å². The fourth-order valence-electron chi connectivity index (χ4n) is 2.80. The number of hydrogen-bond acceptors (Lipinski definition) is 4. The Morgan fingerprint density at radius 2 is 2.00 bits per heavy atom. The van der Waals surface area contributed by atoms with Crippen LogP contribution in [0.1, 0.15) is 19.3 Å². The summed E-state index contributed by atoms with van der Waals surface area (Å²) in [6, 6.07) is 1.30. The topological polar surface area (TPSA) is 76.3 Å². The van der Waals surface area contributed by atoms with Crippen molar-refractivity contribution in [1.29, 1.82) is 0 Å². The minimum atomic E-state index is -0.454. The van der Waals surface area contributed by atoms with Gasteiger partial charge in [0.05, 0.1) is 0 Å². The summed E-state index contributed by atoms with van der Waals surface area (Å²) in [5.74, 6) is 0.601. The minimum absolute atomic E-state index is 0.00582. The van der Waals surface area contributed by atoms with Gasteiger partial charge in [-0.05, 0) is 38.8 Å². The number of amides is 1. The van der Waals surface area contributed by atoms with Gasteiger partial charge in [-0.1, -0.05) is 0 Å². The number of nitrogens with one attached hydrogen (secondary N) is 1. The molecule has 0 spiro atoms. The zero-order valence-corrected chi connectivity index (χ0v) is 13.2. The highest BCUT2D eigenvalue weighted by Gasteiger charge is 2.22. The Balaban J connectivity index is 1.93. The summed E-state index contributed by atoms with van der Waals surface area (Å²) in [7, 11) is 3.36. The van der Waals surface area contributed by atoms with E-state index in [-0.39, 0.29) is 18.0 Å². The van der Waals surface area contributed by atoms with E-state index in [2.05, 4.69) is 5.32 Å². The molecule has 1 amide bonds. The summed E-state index contributed by atoms with van der Waals surface area (Å²) in [6.45, 7) is 2.49. The van der Waals surface area contributed by atoms with Crippen LogP contribution in [0.2, 0.25) is 0 Å². The third kappa shape index (κ3) is 3.85. The van der Waals surface area contributed by atoms with Crippen molar-refractivity contribution in [3.05, 3.63) is 33.1 Å². The van der Waals surface area contributed by atoms with Crippen LogP contribution < -0.4 is 16.6 Å². The number of aromatic nitrogens is 2. The molecule has 122 valence electrons. The fraction of sp³-hybridized carbons (Fsp3) is 0.667. The number of rotatable bonds is 5. The van der Waals surface area contributed by atoms with Crippen LogP contribution in [-0.4, -0.2) is 46.6 Å². The first-order valence-electron chi connectivity index (χ1n) is 7.71. The third-order valence-electron chi connectivity index (χ3n) is 4.34. The second-order valence-electron chi connectivity index (χ2n) is 5.84. The van der Waals surface area contributed by atoms with E-state index in [4.69, 9.17) is 0 Å². The van der Waals surface area contributed by atoms with Crippen LogP contribution in [0, 0.1) is 5.92 Å². The molecule has 0 saturated carbocycles. The first kappa shape index (κ1) is 16.5. The highest BCUT2D eigenvalue weighted by molar-refractivity contribution is 5.76. The molecule has 0 atom stereocenters. The molecule has 1 saturated heterocycles. The van der Waals surface area contributed by atoms with E-state index < -0.39 is 5.69 Å². The van der Waals surface area contributed by atoms with E-state index in [1.54, 1.807) is 0 Å². The van der Waals surface area contributed by atoms with Gasteiger partial charge in [-0.25, -0.2) is 4.79 Å². The van der Waals surface area contributed by atoms with Gasteiger partial charge >= 0.3 is 5.69 Å². The molecule has 0 aliphatic carbocycles. The lowest BCUT2D eigenvalue weighted by Gasteiger charge is -2.32. The van der Waals surface area contributed by atoms with Gasteiger partial charge in [0.25, 0.3) is 5.56 Å². The lowest BCUT2D eigenvalue weighted by atomic mass is 9.93. The van der Waals surface area contributed by atoms with Crippen molar-refractivity contribution in [3.8, 4) is 0 Å². The normalized spacial score (nSPS) is 16.0. The van der Waals surface area contributed by atoms with E-state index in [1.165, 1.54) is 23.9 Å². The largest absolute Gasteiger partial charge is 0.341 e. The van der Waals surface area contributed by atoms with Crippen LogP contribution in [0.25, 0.3) is 0 Å². The first-order valence-corrected chi connectivity index (χ1v) is 7.71. The molecule has 0 unspecified atom stereocenters. The quantitative estimate of drug-likeness (QED) is 0.788. The van der Waals surface area contributed by atoms with E-state index >= 15 is 0 Å². The molecule has 7 nitrogen and oxygen atoms in total. The summed E-state index contributed by atoms with van der Waals surface area (Å²) in [4.78, 5) is 37.4. The maximum absolute atomic E-state index is 12.3. The number of carbonyl (C=O) groups excluding carboxylic acids is 1. The number of nitrogens with zero attached hydrogens (tertiary/aromatic N) is 3. The average molecular weight is 308 g/mol. The monoisotopic (exact) mass is 308 g/mol. The molecule has 0 radical (unpaired) electrons. The molecule has 1 aromatic rings. The van der Waals surface area contributed by atoms with Gasteiger partial charge in [0.1, 0.15) is 6.54 Å². The lowest BCUT2D eigenvalue weighted by Crippen LogP contribution is -2.44. The van der Waals surface area contributed by atoms with Gasteiger partial charge < -0.3 is 10.2 Å². The Labute approximate surface area is 129 Å². The Morgan fingerprint density at radius 1 is 1.32 bits per heavy atom. The standard InChI is InChI=1S/C15H24N4O3/c1-16-7-3-12-4-8-18(9-5-12)14(21)11-19-10-6-13(20)17(2)15(19)22/h6,10,12,16H,3-5,7-9,11H2,1-2H3. The number of carbonyl (C=O) groups is 1. The summed E-state index contributed by atoms with van der Waals surface area (Å²) in [5, 5.41) is 3.15. The molecule has 0 aromatic carbocycles.